The molecule has 0 aromatic heterocycles. The second kappa shape index (κ2) is 5.66. The summed E-state index contributed by atoms with van der Waals surface area (Å²) >= 11 is 3.42. The van der Waals surface area contributed by atoms with E-state index in [-0.39, 0.29) is 5.56 Å². The Morgan fingerprint density at radius 1 is 0.952 bits per heavy atom. The number of halogens is 2. The van der Waals surface area contributed by atoms with Crippen molar-refractivity contribution in [3.05, 3.63) is 70.5 Å². The van der Waals surface area contributed by atoms with E-state index >= 15 is 0 Å². The van der Waals surface area contributed by atoms with Gasteiger partial charge in [-0.1, -0.05) is 28.1 Å². The molecule has 0 spiro atoms. The highest BCUT2D eigenvalue weighted by molar-refractivity contribution is 9.10. The molecule has 0 unspecified atom stereocenters. The lowest BCUT2D eigenvalue weighted by molar-refractivity contribution is 0.112. The SMILES string of the molecule is O=Cc1cc(F)ccc1Oc1ccc2cc(Br)ccc2c1. The maximum atomic E-state index is 13.1. The second-order valence-electron chi connectivity index (χ2n) is 4.56. The minimum atomic E-state index is -0.465. The van der Waals surface area contributed by atoms with Gasteiger partial charge in [0.1, 0.15) is 17.3 Å². The first kappa shape index (κ1) is 13.8. The van der Waals surface area contributed by atoms with E-state index < -0.39 is 5.82 Å². The topological polar surface area (TPSA) is 26.3 Å². The van der Waals surface area contributed by atoms with Gasteiger partial charge in [0.05, 0.1) is 5.56 Å². The highest BCUT2D eigenvalue weighted by atomic mass is 79.9. The van der Waals surface area contributed by atoms with Crippen molar-refractivity contribution in [1.82, 2.24) is 0 Å². The summed E-state index contributed by atoms with van der Waals surface area (Å²) in [5.74, 6) is 0.468. The van der Waals surface area contributed by atoms with Crippen LogP contribution in [-0.4, -0.2) is 6.29 Å². The lowest BCUT2D eigenvalue weighted by atomic mass is 10.1. The van der Waals surface area contributed by atoms with Gasteiger partial charge in [-0.05, 0) is 53.2 Å². The number of aldehydes is 1. The van der Waals surface area contributed by atoms with E-state index in [0.717, 1.165) is 21.3 Å². The van der Waals surface area contributed by atoms with Crippen molar-refractivity contribution in [2.75, 3.05) is 0 Å². The van der Waals surface area contributed by atoms with Crippen molar-refractivity contribution >= 4 is 33.0 Å². The number of benzene rings is 3. The van der Waals surface area contributed by atoms with E-state index in [9.17, 15) is 9.18 Å². The van der Waals surface area contributed by atoms with Crippen LogP contribution in [0.2, 0.25) is 0 Å². The zero-order valence-electron chi connectivity index (χ0n) is 10.8. The molecule has 0 aliphatic heterocycles. The Hall–Kier alpha value is -2.20. The van der Waals surface area contributed by atoms with Gasteiger partial charge in [-0.25, -0.2) is 4.39 Å². The summed E-state index contributed by atoms with van der Waals surface area (Å²) in [6.45, 7) is 0. The van der Waals surface area contributed by atoms with Gasteiger partial charge in [0, 0.05) is 4.47 Å². The fraction of sp³-hybridized carbons (Fsp3) is 0. The summed E-state index contributed by atoms with van der Waals surface area (Å²) < 4.78 is 19.8. The summed E-state index contributed by atoms with van der Waals surface area (Å²) in [6, 6.07) is 15.4. The molecule has 0 aliphatic carbocycles. The van der Waals surface area contributed by atoms with Gasteiger partial charge in [-0.15, -0.1) is 0 Å². The van der Waals surface area contributed by atoms with E-state index in [1.165, 1.54) is 12.1 Å². The standard InChI is InChI=1S/C17H10BrFO2/c18-14-3-1-12-9-16(5-2-11(12)7-14)21-17-6-4-15(19)8-13(17)10-20/h1-10H. The van der Waals surface area contributed by atoms with Gasteiger partial charge >= 0.3 is 0 Å². The van der Waals surface area contributed by atoms with Crippen LogP contribution in [0.4, 0.5) is 4.39 Å². The van der Waals surface area contributed by atoms with E-state index in [1.807, 2.05) is 36.4 Å². The number of hydrogen-bond donors (Lipinski definition) is 0. The minimum Gasteiger partial charge on any atom is -0.457 e. The molecule has 0 saturated heterocycles. The van der Waals surface area contributed by atoms with Crippen LogP contribution in [0.15, 0.2) is 59.1 Å². The molecule has 3 aromatic carbocycles. The predicted molar refractivity (Wildman–Crippen MR) is 83.5 cm³/mol. The van der Waals surface area contributed by atoms with Crippen LogP contribution in [0.5, 0.6) is 11.5 Å². The van der Waals surface area contributed by atoms with Crippen LogP contribution in [0.1, 0.15) is 10.4 Å². The largest absolute Gasteiger partial charge is 0.457 e. The minimum absolute atomic E-state index is 0.186. The molecule has 0 bridgehead atoms. The Morgan fingerprint density at radius 2 is 1.71 bits per heavy atom. The Bertz CT molecular complexity index is 830. The lowest BCUT2D eigenvalue weighted by Crippen LogP contribution is -1.91. The number of carbonyl (C=O) groups is 1. The van der Waals surface area contributed by atoms with Crippen LogP contribution in [-0.2, 0) is 0 Å². The van der Waals surface area contributed by atoms with Crippen molar-refractivity contribution in [3.63, 3.8) is 0 Å². The van der Waals surface area contributed by atoms with Crippen LogP contribution in [0, 0.1) is 5.82 Å². The normalized spacial score (nSPS) is 10.6. The quantitative estimate of drug-likeness (QED) is 0.599. The summed E-state index contributed by atoms with van der Waals surface area (Å²) in [5.41, 5.74) is 0.186. The number of hydrogen-bond acceptors (Lipinski definition) is 2. The molecule has 104 valence electrons. The highest BCUT2D eigenvalue weighted by Gasteiger charge is 2.06. The second-order valence-corrected chi connectivity index (χ2v) is 5.47. The molecule has 0 saturated carbocycles. The van der Waals surface area contributed by atoms with Gasteiger partial charge < -0.3 is 4.74 Å². The van der Waals surface area contributed by atoms with E-state index in [0.29, 0.717) is 17.8 Å². The number of carbonyl (C=O) groups excluding carboxylic acids is 1. The van der Waals surface area contributed by atoms with Crippen LogP contribution < -0.4 is 4.74 Å². The molecule has 0 heterocycles. The number of rotatable bonds is 3. The Kier molecular flexibility index (Phi) is 3.71. The third-order valence-corrected chi connectivity index (χ3v) is 3.59. The molecule has 3 rings (SSSR count). The average Bonchev–Trinajstić information content (AvgIpc) is 2.49. The maximum absolute atomic E-state index is 13.1. The molecule has 21 heavy (non-hydrogen) atoms. The Balaban J connectivity index is 1.98. The smallest absolute Gasteiger partial charge is 0.153 e. The first-order chi connectivity index (χ1) is 10.2. The molecular weight excluding hydrogens is 335 g/mol. The van der Waals surface area contributed by atoms with Crippen molar-refractivity contribution in [2.24, 2.45) is 0 Å². The predicted octanol–water partition coefficient (Wildman–Crippen LogP) is 5.35. The van der Waals surface area contributed by atoms with Crippen molar-refractivity contribution in [1.29, 1.82) is 0 Å². The first-order valence-corrected chi connectivity index (χ1v) is 7.07. The molecule has 4 heteroatoms. The molecule has 3 aromatic rings. The van der Waals surface area contributed by atoms with Gasteiger partial charge in [0.15, 0.2) is 6.29 Å². The molecule has 0 radical (unpaired) electrons. The van der Waals surface area contributed by atoms with Crippen LogP contribution in [0.25, 0.3) is 10.8 Å². The summed E-state index contributed by atoms with van der Waals surface area (Å²) in [6.07, 6.45) is 0.580. The molecule has 0 N–H and O–H groups in total. The third kappa shape index (κ3) is 2.95. The van der Waals surface area contributed by atoms with E-state index in [1.54, 1.807) is 0 Å². The highest BCUT2D eigenvalue weighted by Crippen LogP contribution is 2.29. The van der Waals surface area contributed by atoms with Gasteiger partial charge in [-0.3, -0.25) is 4.79 Å². The number of fused-ring (bicyclic) bond motifs is 1. The van der Waals surface area contributed by atoms with Gasteiger partial charge in [0.2, 0.25) is 0 Å². The molecule has 0 aliphatic rings. The molecule has 0 amide bonds. The molecule has 0 fully saturated rings. The van der Waals surface area contributed by atoms with Crippen molar-refractivity contribution in [3.8, 4) is 11.5 Å². The van der Waals surface area contributed by atoms with Gasteiger partial charge in [-0.2, -0.15) is 0 Å². The van der Waals surface area contributed by atoms with Crippen LogP contribution >= 0.6 is 15.9 Å². The molecule has 2 nitrogen and oxygen atoms in total. The maximum Gasteiger partial charge on any atom is 0.153 e. The third-order valence-electron chi connectivity index (χ3n) is 3.10. The first-order valence-electron chi connectivity index (χ1n) is 6.27. The Labute approximate surface area is 129 Å². The van der Waals surface area contributed by atoms with Crippen molar-refractivity contribution in [2.45, 2.75) is 0 Å². The van der Waals surface area contributed by atoms with E-state index in [4.69, 9.17) is 4.74 Å². The summed E-state index contributed by atoms with van der Waals surface area (Å²) in [7, 11) is 0. The lowest BCUT2D eigenvalue weighted by Gasteiger charge is -2.09. The summed E-state index contributed by atoms with van der Waals surface area (Å²) in [4.78, 5) is 11.0. The fourth-order valence-corrected chi connectivity index (χ4v) is 2.47. The number of ether oxygens (including phenoxy) is 1. The Morgan fingerprint density at radius 3 is 2.52 bits per heavy atom. The monoisotopic (exact) mass is 344 g/mol. The molecular formula is C17H10BrFO2. The average molecular weight is 345 g/mol. The summed E-state index contributed by atoms with van der Waals surface area (Å²) in [5, 5.41) is 2.09. The van der Waals surface area contributed by atoms with E-state index in [2.05, 4.69) is 15.9 Å². The fourth-order valence-electron chi connectivity index (χ4n) is 2.09. The molecule has 0 atom stereocenters. The van der Waals surface area contributed by atoms with Gasteiger partial charge in [0.25, 0.3) is 0 Å². The zero-order chi connectivity index (χ0) is 14.8. The van der Waals surface area contributed by atoms with Crippen molar-refractivity contribution < 1.29 is 13.9 Å². The van der Waals surface area contributed by atoms with Crippen LogP contribution in [0.3, 0.4) is 0 Å². The zero-order valence-corrected chi connectivity index (χ0v) is 12.4.